The van der Waals surface area contributed by atoms with E-state index in [9.17, 15) is 0 Å². The molecule has 0 aliphatic carbocycles. The molecule has 0 saturated heterocycles. The number of hydrogen-bond donors (Lipinski definition) is 4. The average Bonchev–Trinajstić information content (AvgIpc) is 1.97. The van der Waals surface area contributed by atoms with Crippen molar-refractivity contribution >= 4 is 42.1 Å². The normalized spacial score (nSPS) is 7.50. The third-order valence-electron chi connectivity index (χ3n) is 0.860. The highest BCUT2D eigenvalue weighted by atomic mass is 35.5. The first-order chi connectivity index (χ1) is 4.81. The number of hydrogen-bond acceptors (Lipinski definition) is 3. The van der Waals surface area contributed by atoms with Gasteiger partial charge >= 0.3 is 0 Å². The van der Waals surface area contributed by atoms with Crippen LogP contribution in [0.5, 0.6) is 0 Å². The van der Waals surface area contributed by atoms with Crippen molar-refractivity contribution in [2.75, 3.05) is 26.2 Å². The standard InChI is InChI=1S/C5H14N4S.2ClH/c6-1-3-8-5(10)9-4-2-7;;/h1-4,6-7H2,(H2,8,9,10);2*1H. The summed E-state index contributed by atoms with van der Waals surface area (Å²) >= 11 is 4.85. The monoisotopic (exact) mass is 234 g/mol. The van der Waals surface area contributed by atoms with Crippen LogP contribution in [-0.4, -0.2) is 31.3 Å². The minimum Gasteiger partial charge on any atom is -0.361 e. The van der Waals surface area contributed by atoms with Crippen molar-refractivity contribution in [3.8, 4) is 0 Å². The van der Waals surface area contributed by atoms with Crippen LogP contribution >= 0.6 is 37.0 Å². The van der Waals surface area contributed by atoms with E-state index in [0.29, 0.717) is 31.3 Å². The maximum atomic E-state index is 5.23. The van der Waals surface area contributed by atoms with Crippen LogP contribution in [0.25, 0.3) is 0 Å². The van der Waals surface area contributed by atoms with Crippen molar-refractivity contribution in [3.05, 3.63) is 0 Å². The maximum absolute atomic E-state index is 5.23. The molecule has 0 aliphatic heterocycles. The third-order valence-corrected chi connectivity index (χ3v) is 1.15. The molecule has 0 aromatic rings. The molecule has 0 spiro atoms. The van der Waals surface area contributed by atoms with Crippen molar-refractivity contribution < 1.29 is 0 Å². The zero-order valence-electron chi connectivity index (χ0n) is 6.71. The van der Waals surface area contributed by atoms with Crippen molar-refractivity contribution in [2.45, 2.75) is 0 Å². The zero-order chi connectivity index (χ0) is 7.82. The molecule has 0 aromatic carbocycles. The Morgan fingerprint density at radius 3 is 1.58 bits per heavy atom. The molecule has 0 radical (unpaired) electrons. The van der Waals surface area contributed by atoms with E-state index in [1.165, 1.54) is 0 Å². The Morgan fingerprint density at radius 1 is 1.00 bits per heavy atom. The summed E-state index contributed by atoms with van der Waals surface area (Å²) in [7, 11) is 0. The molecule has 0 atom stereocenters. The van der Waals surface area contributed by atoms with E-state index in [0.717, 1.165) is 0 Å². The summed E-state index contributed by atoms with van der Waals surface area (Å²) in [6.07, 6.45) is 0. The van der Waals surface area contributed by atoms with Gasteiger partial charge in [-0.1, -0.05) is 0 Å². The Labute approximate surface area is 90.6 Å². The highest BCUT2D eigenvalue weighted by Crippen LogP contribution is 1.63. The minimum absolute atomic E-state index is 0. The highest BCUT2D eigenvalue weighted by Gasteiger charge is 1.89. The largest absolute Gasteiger partial charge is 0.361 e. The second kappa shape index (κ2) is 13.8. The molecule has 0 unspecified atom stereocenters. The number of halogens is 2. The summed E-state index contributed by atoms with van der Waals surface area (Å²) in [5.74, 6) is 0. The molecule has 0 amide bonds. The Balaban J connectivity index is -0.000000405. The van der Waals surface area contributed by atoms with Gasteiger partial charge in [-0.2, -0.15) is 0 Å². The molecule has 0 bridgehead atoms. The first-order valence-corrected chi connectivity index (χ1v) is 3.64. The van der Waals surface area contributed by atoms with Gasteiger partial charge in [-0.15, -0.1) is 24.8 Å². The lowest BCUT2D eigenvalue weighted by Crippen LogP contribution is -2.39. The summed E-state index contributed by atoms with van der Waals surface area (Å²) < 4.78 is 0. The van der Waals surface area contributed by atoms with E-state index < -0.39 is 0 Å². The summed E-state index contributed by atoms with van der Waals surface area (Å²) in [6, 6.07) is 0. The van der Waals surface area contributed by atoms with Crippen LogP contribution in [0.2, 0.25) is 0 Å². The molecule has 0 fully saturated rings. The van der Waals surface area contributed by atoms with Crippen molar-refractivity contribution in [1.82, 2.24) is 10.6 Å². The predicted octanol–water partition coefficient (Wildman–Crippen LogP) is -0.788. The smallest absolute Gasteiger partial charge is 0.166 e. The summed E-state index contributed by atoms with van der Waals surface area (Å²) in [5.41, 5.74) is 10.5. The van der Waals surface area contributed by atoms with Gasteiger partial charge in [0.15, 0.2) is 5.11 Å². The van der Waals surface area contributed by atoms with Gasteiger partial charge in [-0.25, -0.2) is 0 Å². The van der Waals surface area contributed by atoms with Crippen molar-refractivity contribution in [3.63, 3.8) is 0 Å². The Bertz CT molecular complexity index is 93.4. The number of thiocarbonyl (C=S) groups is 1. The van der Waals surface area contributed by atoms with E-state index in [2.05, 4.69) is 10.6 Å². The molecular weight excluding hydrogens is 219 g/mol. The highest BCUT2D eigenvalue weighted by molar-refractivity contribution is 7.80. The molecule has 6 N–H and O–H groups in total. The lowest BCUT2D eigenvalue weighted by atomic mass is 10.6. The van der Waals surface area contributed by atoms with Gasteiger partial charge in [-0.3, -0.25) is 0 Å². The number of nitrogens with two attached hydrogens (primary N) is 2. The van der Waals surface area contributed by atoms with Gasteiger partial charge in [0.25, 0.3) is 0 Å². The molecule has 0 heterocycles. The predicted molar refractivity (Wildman–Crippen MR) is 61.2 cm³/mol. The van der Waals surface area contributed by atoms with Gasteiger partial charge in [0.05, 0.1) is 0 Å². The van der Waals surface area contributed by atoms with Gasteiger partial charge in [0.1, 0.15) is 0 Å². The lowest BCUT2D eigenvalue weighted by Gasteiger charge is -2.07. The molecule has 0 rings (SSSR count). The molecule has 76 valence electrons. The second-order valence-electron chi connectivity index (χ2n) is 1.76. The van der Waals surface area contributed by atoms with E-state index in [-0.39, 0.29) is 24.8 Å². The fraction of sp³-hybridized carbons (Fsp3) is 0.800. The topological polar surface area (TPSA) is 76.1 Å². The van der Waals surface area contributed by atoms with Gasteiger partial charge in [0.2, 0.25) is 0 Å². The minimum atomic E-state index is 0. The summed E-state index contributed by atoms with van der Waals surface area (Å²) in [5, 5.41) is 6.44. The van der Waals surface area contributed by atoms with E-state index >= 15 is 0 Å². The Hall–Kier alpha value is 0.190. The number of rotatable bonds is 4. The van der Waals surface area contributed by atoms with Crippen LogP contribution in [-0.2, 0) is 0 Å². The summed E-state index contributed by atoms with van der Waals surface area (Å²) in [4.78, 5) is 0. The molecule has 0 aromatic heterocycles. The van der Waals surface area contributed by atoms with Crippen LogP contribution in [0.1, 0.15) is 0 Å². The second-order valence-corrected chi connectivity index (χ2v) is 2.17. The quantitative estimate of drug-likeness (QED) is 0.480. The van der Waals surface area contributed by atoms with Crippen LogP contribution in [0.3, 0.4) is 0 Å². The lowest BCUT2D eigenvalue weighted by molar-refractivity contribution is 0.813. The molecule has 0 saturated carbocycles. The van der Waals surface area contributed by atoms with Crippen LogP contribution in [0.15, 0.2) is 0 Å². The Kier molecular flexibility index (Phi) is 20.7. The third kappa shape index (κ3) is 12.8. The van der Waals surface area contributed by atoms with Crippen LogP contribution in [0.4, 0.5) is 0 Å². The van der Waals surface area contributed by atoms with E-state index in [4.69, 9.17) is 23.7 Å². The molecule has 0 aliphatic rings. The van der Waals surface area contributed by atoms with Crippen molar-refractivity contribution in [2.24, 2.45) is 11.5 Å². The zero-order valence-corrected chi connectivity index (χ0v) is 9.16. The van der Waals surface area contributed by atoms with Gasteiger partial charge in [-0.05, 0) is 12.2 Å². The SMILES string of the molecule is Cl.Cl.NCCNC(=S)NCCN. The van der Waals surface area contributed by atoms with Crippen molar-refractivity contribution in [1.29, 1.82) is 0 Å². The maximum Gasteiger partial charge on any atom is 0.166 e. The molecule has 4 nitrogen and oxygen atoms in total. The molecular formula is C5H16Cl2N4S. The molecule has 7 heteroatoms. The van der Waals surface area contributed by atoms with Gasteiger partial charge < -0.3 is 22.1 Å². The van der Waals surface area contributed by atoms with E-state index in [1.54, 1.807) is 0 Å². The fourth-order valence-corrected chi connectivity index (χ4v) is 0.638. The van der Waals surface area contributed by atoms with Gasteiger partial charge in [0, 0.05) is 26.2 Å². The van der Waals surface area contributed by atoms with E-state index in [1.807, 2.05) is 0 Å². The first-order valence-electron chi connectivity index (χ1n) is 3.23. The summed E-state index contributed by atoms with van der Waals surface area (Å²) in [6.45, 7) is 2.59. The van der Waals surface area contributed by atoms with Crippen LogP contribution in [0, 0.1) is 0 Å². The number of nitrogens with one attached hydrogen (secondary N) is 2. The Morgan fingerprint density at radius 2 is 1.33 bits per heavy atom. The fourth-order valence-electron chi connectivity index (χ4n) is 0.434. The van der Waals surface area contributed by atoms with Crippen LogP contribution < -0.4 is 22.1 Å². The average molecular weight is 235 g/mol. The molecule has 12 heavy (non-hydrogen) atoms. The first kappa shape index (κ1) is 18.1.